The van der Waals surface area contributed by atoms with Gasteiger partial charge in [-0.25, -0.2) is 14.3 Å². The van der Waals surface area contributed by atoms with Crippen LogP contribution in [0.2, 0.25) is 0 Å². The monoisotopic (exact) mass is 391 g/mol. The van der Waals surface area contributed by atoms with Gasteiger partial charge in [0, 0.05) is 19.7 Å². The third-order valence-corrected chi connectivity index (χ3v) is 4.91. The SMILES string of the molecule is COCc1nn2c(CN3CC(CC(C)C)NC3=O)c(C(F)(F)F)nc2s1. The molecule has 2 aromatic heterocycles. The molecule has 3 heterocycles. The summed E-state index contributed by atoms with van der Waals surface area (Å²) in [5.41, 5.74) is -1.13. The Morgan fingerprint density at radius 2 is 2.15 bits per heavy atom. The zero-order chi connectivity index (χ0) is 19.1. The van der Waals surface area contributed by atoms with Gasteiger partial charge in [-0.1, -0.05) is 25.2 Å². The summed E-state index contributed by atoms with van der Waals surface area (Å²) in [6.07, 6.45) is -3.84. The maximum Gasteiger partial charge on any atom is 0.435 e. The lowest BCUT2D eigenvalue weighted by Gasteiger charge is -2.16. The number of rotatable bonds is 6. The number of urea groups is 1. The van der Waals surface area contributed by atoms with E-state index < -0.39 is 11.9 Å². The Morgan fingerprint density at radius 1 is 1.42 bits per heavy atom. The van der Waals surface area contributed by atoms with Crippen molar-refractivity contribution in [3.63, 3.8) is 0 Å². The zero-order valence-corrected chi connectivity index (χ0v) is 15.4. The van der Waals surface area contributed by atoms with Crippen molar-refractivity contribution >= 4 is 22.3 Å². The third kappa shape index (κ3) is 3.78. The highest BCUT2D eigenvalue weighted by molar-refractivity contribution is 7.16. The van der Waals surface area contributed by atoms with Gasteiger partial charge in [0.2, 0.25) is 4.96 Å². The van der Waals surface area contributed by atoms with E-state index in [2.05, 4.69) is 15.4 Å². The van der Waals surface area contributed by atoms with E-state index in [0.717, 1.165) is 17.8 Å². The van der Waals surface area contributed by atoms with Crippen molar-refractivity contribution in [3.05, 3.63) is 16.4 Å². The van der Waals surface area contributed by atoms with E-state index in [0.29, 0.717) is 17.5 Å². The van der Waals surface area contributed by atoms with Gasteiger partial charge in [-0.3, -0.25) is 0 Å². The number of nitrogens with one attached hydrogen (secondary N) is 1. The van der Waals surface area contributed by atoms with Crippen LogP contribution in [0.1, 0.15) is 36.7 Å². The minimum absolute atomic E-state index is 0.0697. The van der Waals surface area contributed by atoms with Crippen LogP contribution < -0.4 is 5.32 Å². The number of amides is 2. The molecule has 11 heteroatoms. The Bertz CT molecular complexity index is 801. The van der Waals surface area contributed by atoms with Crippen molar-refractivity contribution in [2.24, 2.45) is 5.92 Å². The second kappa shape index (κ2) is 7.03. The van der Waals surface area contributed by atoms with Gasteiger partial charge in [0.15, 0.2) is 5.69 Å². The number of aromatic nitrogens is 3. The second-order valence-electron chi connectivity index (χ2n) is 6.68. The van der Waals surface area contributed by atoms with E-state index in [1.54, 1.807) is 0 Å². The Balaban J connectivity index is 1.91. The summed E-state index contributed by atoms with van der Waals surface area (Å²) in [4.78, 5) is 17.4. The van der Waals surface area contributed by atoms with Crippen LogP contribution in [-0.2, 0) is 24.1 Å². The minimum Gasteiger partial charge on any atom is -0.377 e. The standard InChI is InChI=1S/C15H20F3N5O2S/c1-8(2)4-9-5-22(13(24)19-9)6-10-12(15(16,17)18)20-14-23(10)21-11(26-14)7-25-3/h8-9H,4-7H2,1-3H3,(H,19,24). The number of imidazole rings is 1. The molecule has 1 aliphatic heterocycles. The average molecular weight is 391 g/mol. The topological polar surface area (TPSA) is 71.8 Å². The number of carbonyl (C=O) groups is 1. The summed E-state index contributed by atoms with van der Waals surface area (Å²) in [5, 5.41) is 7.50. The number of alkyl halides is 3. The maximum absolute atomic E-state index is 13.4. The summed E-state index contributed by atoms with van der Waals surface area (Å²) < 4.78 is 46.3. The minimum atomic E-state index is -4.61. The normalized spacial score (nSPS) is 18.3. The quantitative estimate of drug-likeness (QED) is 0.822. The van der Waals surface area contributed by atoms with Gasteiger partial charge < -0.3 is 15.0 Å². The van der Waals surface area contributed by atoms with Crippen molar-refractivity contribution in [3.8, 4) is 0 Å². The first-order valence-electron chi connectivity index (χ1n) is 8.18. The Hall–Kier alpha value is -1.88. The fraction of sp³-hybridized carbons (Fsp3) is 0.667. The van der Waals surface area contributed by atoms with Crippen LogP contribution >= 0.6 is 11.3 Å². The van der Waals surface area contributed by atoms with Gasteiger partial charge in [0.05, 0.1) is 18.8 Å². The second-order valence-corrected chi connectivity index (χ2v) is 7.73. The highest BCUT2D eigenvalue weighted by Gasteiger charge is 2.40. The molecule has 1 saturated heterocycles. The fourth-order valence-electron chi connectivity index (χ4n) is 3.06. The lowest BCUT2D eigenvalue weighted by Crippen LogP contribution is -2.30. The summed E-state index contributed by atoms with van der Waals surface area (Å²) in [7, 11) is 1.48. The first-order chi connectivity index (χ1) is 12.2. The number of nitrogens with zero attached hydrogens (tertiary/aromatic N) is 4. The fourth-order valence-corrected chi connectivity index (χ4v) is 3.95. The van der Waals surface area contributed by atoms with Crippen molar-refractivity contribution in [1.29, 1.82) is 0 Å². The van der Waals surface area contributed by atoms with Crippen LogP contribution in [-0.4, -0.2) is 45.2 Å². The van der Waals surface area contributed by atoms with E-state index in [1.165, 1.54) is 16.5 Å². The molecule has 2 aromatic rings. The Morgan fingerprint density at radius 3 is 2.77 bits per heavy atom. The molecule has 1 N–H and O–H groups in total. The van der Waals surface area contributed by atoms with Crippen LogP contribution in [0.5, 0.6) is 0 Å². The molecule has 7 nitrogen and oxygen atoms in total. The molecule has 0 radical (unpaired) electrons. The number of methoxy groups -OCH3 is 1. The molecule has 0 aromatic carbocycles. The number of hydrogen-bond donors (Lipinski definition) is 1. The first-order valence-corrected chi connectivity index (χ1v) is 8.99. The van der Waals surface area contributed by atoms with Crippen LogP contribution in [0.4, 0.5) is 18.0 Å². The van der Waals surface area contributed by atoms with Crippen LogP contribution in [0.25, 0.3) is 4.96 Å². The molecule has 26 heavy (non-hydrogen) atoms. The molecule has 0 saturated carbocycles. The molecular formula is C15H20F3N5O2S. The van der Waals surface area contributed by atoms with Gasteiger partial charge in [-0.2, -0.15) is 18.3 Å². The molecule has 1 fully saturated rings. The number of hydrogen-bond acceptors (Lipinski definition) is 5. The van der Waals surface area contributed by atoms with Gasteiger partial charge in [0.1, 0.15) is 5.01 Å². The molecular weight excluding hydrogens is 371 g/mol. The number of fused-ring (bicyclic) bond motifs is 1. The van der Waals surface area contributed by atoms with E-state index in [9.17, 15) is 18.0 Å². The van der Waals surface area contributed by atoms with E-state index in [4.69, 9.17) is 4.74 Å². The van der Waals surface area contributed by atoms with Crippen LogP contribution in [0, 0.1) is 5.92 Å². The van der Waals surface area contributed by atoms with Crippen molar-refractivity contribution in [2.45, 2.75) is 45.6 Å². The highest BCUT2D eigenvalue weighted by atomic mass is 32.1. The molecule has 2 amide bonds. The predicted octanol–water partition coefficient (Wildman–Crippen LogP) is 2.90. The highest BCUT2D eigenvalue weighted by Crippen LogP contribution is 2.34. The smallest absolute Gasteiger partial charge is 0.377 e. The predicted molar refractivity (Wildman–Crippen MR) is 88.8 cm³/mol. The molecule has 0 bridgehead atoms. The van der Waals surface area contributed by atoms with Crippen molar-refractivity contribution in [1.82, 2.24) is 24.8 Å². The van der Waals surface area contributed by atoms with Gasteiger partial charge in [-0.15, -0.1) is 0 Å². The lowest BCUT2D eigenvalue weighted by atomic mass is 10.0. The van der Waals surface area contributed by atoms with Crippen LogP contribution in [0.3, 0.4) is 0 Å². The molecule has 3 rings (SSSR count). The molecule has 0 aliphatic carbocycles. The molecule has 0 spiro atoms. The molecule has 1 atom stereocenters. The lowest BCUT2D eigenvalue weighted by molar-refractivity contribution is -0.141. The van der Waals surface area contributed by atoms with E-state index in [1.807, 2.05) is 13.8 Å². The average Bonchev–Trinajstić information content (AvgIpc) is 3.13. The number of halogens is 3. The molecule has 1 unspecified atom stereocenters. The summed E-state index contributed by atoms with van der Waals surface area (Å²) >= 11 is 1.04. The van der Waals surface area contributed by atoms with Gasteiger partial charge >= 0.3 is 12.2 Å². The molecule has 144 valence electrons. The van der Waals surface area contributed by atoms with E-state index in [-0.39, 0.29) is 35.9 Å². The third-order valence-electron chi connectivity index (χ3n) is 4.03. The van der Waals surface area contributed by atoms with Crippen molar-refractivity contribution < 1.29 is 22.7 Å². The largest absolute Gasteiger partial charge is 0.435 e. The molecule has 1 aliphatic rings. The van der Waals surface area contributed by atoms with E-state index >= 15 is 0 Å². The number of ether oxygens (including phenoxy) is 1. The van der Waals surface area contributed by atoms with Gasteiger partial charge in [0.25, 0.3) is 0 Å². The number of carbonyl (C=O) groups excluding carboxylic acids is 1. The van der Waals surface area contributed by atoms with Gasteiger partial charge in [-0.05, 0) is 12.3 Å². The summed E-state index contributed by atoms with van der Waals surface area (Å²) in [6.45, 7) is 4.41. The zero-order valence-electron chi connectivity index (χ0n) is 14.6. The Labute approximate surface area is 152 Å². The maximum atomic E-state index is 13.4. The van der Waals surface area contributed by atoms with Crippen molar-refractivity contribution in [2.75, 3.05) is 13.7 Å². The Kier molecular flexibility index (Phi) is 5.11. The van der Waals surface area contributed by atoms with Crippen LogP contribution in [0.15, 0.2) is 0 Å². The first kappa shape index (κ1) is 18.9. The summed E-state index contributed by atoms with van der Waals surface area (Å²) in [5.74, 6) is 0.378. The summed E-state index contributed by atoms with van der Waals surface area (Å²) in [6, 6.07) is -0.439.